The van der Waals surface area contributed by atoms with Crippen LogP contribution in [-0.2, 0) is 9.53 Å². The second-order valence-electron chi connectivity index (χ2n) is 4.39. The highest BCUT2D eigenvalue weighted by Gasteiger charge is 2.20. The number of nitrogens with one attached hydrogen (secondary N) is 1. The van der Waals surface area contributed by atoms with Crippen LogP contribution in [0.3, 0.4) is 0 Å². The zero-order chi connectivity index (χ0) is 13.4. The molecule has 18 heavy (non-hydrogen) atoms. The van der Waals surface area contributed by atoms with Crippen LogP contribution >= 0.6 is 0 Å². The van der Waals surface area contributed by atoms with Crippen LogP contribution < -0.4 is 5.32 Å². The van der Waals surface area contributed by atoms with Gasteiger partial charge in [-0.15, -0.1) is 0 Å². The molecule has 0 amide bonds. The molecule has 1 heterocycles. The molecule has 0 spiro atoms. The van der Waals surface area contributed by atoms with Gasteiger partial charge in [0.25, 0.3) is 0 Å². The van der Waals surface area contributed by atoms with Crippen LogP contribution in [0.2, 0.25) is 0 Å². The number of methoxy groups -OCH3 is 1. The lowest BCUT2D eigenvalue weighted by atomic mass is 10.1. The topological polar surface area (TPSA) is 51.2 Å². The quantitative estimate of drug-likeness (QED) is 0.755. The molecule has 4 heteroatoms. The van der Waals surface area contributed by atoms with Crippen LogP contribution in [0.4, 0.5) is 0 Å². The molecule has 0 saturated heterocycles. The first-order chi connectivity index (χ1) is 8.69. The van der Waals surface area contributed by atoms with Gasteiger partial charge in [0.15, 0.2) is 0 Å². The molecule has 1 unspecified atom stereocenters. The molecular weight excluding hydrogens is 228 g/mol. The number of ether oxygens (including phenoxy) is 1. The van der Waals surface area contributed by atoms with Crippen LogP contribution in [0, 0.1) is 0 Å². The summed E-state index contributed by atoms with van der Waals surface area (Å²) >= 11 is 0. The van der Waals surface area contributed by atoms with Gasteiger partial charge in [0.1, 0.15) is 6.04 Å². The summed E-state index contributed by atoms with van der Waals surface area (Å²) in [5.41, 5.74) is 1.12. The predicted molar refractivity (Wildman–Crippen MR) is 71.1 cm³/mol. The van der Waals surface area contributed by atoms with Crippen LogP contribution in [0.25, 0.3) is 0 Å². The maximum Gasteiger partial charge on any atom is 0.322 e. The first-order valence-electron chi connectivity index (χ1n) is 6.42. The van der Waals surface area contributed by atoms with Gasteiger partial charge in [-0.2, -0.15) is 0 Å². The lowest BCUT2D eigenvalue weighted by Crippen LogP contribution is -2.39. The fraction of sp³-hybridized carbons (Fsp3) is 0.571. The van der Waals surface area contributed by atoms with Gasteiger partial charge in [0.05, 0.1) is 7.11 Å². The zero-order valence-electron chi connectivity index (χ0n) is 11.3. The second kappa shape index (κ2) is 7.82. The number of pyridine rings is 1. The van der Waals surface area contributed by atoms with Gasteiger partial charge >= 0.3 is 5.97 Å². The predicted octanol–water partition coefficient (Wildman–Crippen LogP) is 2.46. The lowest BCUT2D eigenvalue weighted by molar-refractivity contribution is -0.143. The third-order valence-corrected chi connectivity index (χ3v) is 2.99. The van der Waals surface area contributed by atoms with Gasteiger partial charge in [-0.05, 0) is 31.0 Å². The number of aromatic nitrogens is 1. The van der Waals surface area contributed by atoms with Crippen LogP contribution in [0.1, 0.15) is 44.7 Å². The number of unbranched alkanes of at least 4 members (excludes halogenated alkanes) is 1. The summed E-state index contributed by atoms with van der Waals surface area (Å²) in [6.07, 6.45) is 6.40. The van der Waals surface area contributed by atoms with Crippen molar-refractivity contribution in [2.45, 2.75) is 45.2 Å². The lowest BCUT2D eigenvalue weighted by Gasteiger charge is -2.21. The first-order valence-corrected chi connectivity index (χ1v) is 6.42. The summed E-state index contributed by atoms with van der Waals surface area (Å²) in [6.45, 7) is 4.15. The Balaban J connectivity index is 2.62. The largest absolute Gasteiger partial charge is 0.468 e. The number of hydrogen-bond acceptors (Lipinski definition) is 4. The average molecular weight is 250 g/mol. The summed E-state index contributed by atoms with van der Waals surface area (Å²) in [7, 11) is 1.43. The molecule has 0 aliphatic carbocycles. The maximum atomic E-state index is 11.7. The first kappa shape index (κ1) is 14.6. The highest BCUT2D eigenvalue weighted by molar-refractivity contribution is 5.75. The third-order valence-electron chi connectivity index (χ3n) is 2.99. The van der Waals surface area contributed by atoms with E-state index in [0.717, 1.165) is 24.8 Å². The van der Waals surface area contributed by atoms with E-state index in [-0.39, 0.29) is 18.1 Å². The van der Waals surface area contributed by atoms with Crippen molar-refractivity contribution >= 4 is 5.97 Å². The van der Waals surface area contributed by atoms with Crippen molar-refractivity contribution in [3.05, 3.63) is 30.1 Å². The highest BCUT2D eigenvalue weighted by Crippen LogP contribution is 2.13. The number of nitrogens with zero attached hydrogens (tertiary/aromatic N) is 1. The molecule has 2 atom stereocenters. The average Bonchev–Trinajstić information content (AvgIpc) is 2.43. The summed E-state index contributed by atoms with van der Waals surface area (Å²) in [5, 5.41) is 3.32. The molecule has 4 nitrogen and oxygen atoms in total. The van der Waals surface area contributed by atoms with E-state index in [9.17, 15) is 4.79 Å². The minimum atomic E-state index is -0.238. The minimum Gasteiger partial charge on any atom is -0.468 e. The normalized spacial score (nSPS) is 13.9. The van der Waals surface area contributed by atoms with Crippen LogP contribution in [0.5, 0.6) is 0 Å². The van der Waals surface area contributed by atoms with E-state index in [1.165, 1.54) is 7.11 Å². The molecule has 0 bridgehead atoms. The van der Waals surface area contributed by atoms with Gasteiger partial charge in [0.2, 0.25) is 0 Å². The molecule has 1 aromatic rings. The monoisotopic (exact) mass is 250 g/mol. The number of carbonyl (C=O) groups is 1. The van der Waals surface area contributed by atoms with E-state index in [4.69, 9.17) is 4.74 Å². The Kier molecular flexibility index (Phi) is 6.36. The van der Waals surface area contributed by atoms with Gasteiger partial charge < -0.3 is 4.74 Å². The summed E-state index contributed by atoms with van der Waals surface area (Å²) in [5.74, 6) is -0.190. The third kappa shape index (κ3) is 4.45. The van der Waals surface area contributed by atoms with Crippen molar-refractivity contribution in [1.29, 1.82) is 0 Å². The Morgan fingerprint density at radius 2 is 2.11 bits per heavy atom. The van der Waals surface area contributed by atoms with Crippen molar-refractivity contribution in [2.75, 3.05) is 7.11 Å². The Morgan fingerprint density at radius 1 is 1.44 bits per heavy atom. The molecule has 100 valence electrons. The van der Waals surface area contributed by atoms with Gasteiger partial charge in [-0.3, -0.25) is 15.1 Å². The van der Waals surface area contributed by atoms with Crippen molar-refractivity contribution in [1.82, 2.24) is 10.3 Å². The molecular formula is C14H22N2O2. The molecule has 1 rings (SSSR count). The summed E-state index contributed by atoms with van der Waals surface area (Å²) in [6, 6.07) is 3.77. The van der Waals surface area contributed by atoms with E-state index in [1.54, 1.807) is 12.4 Å². The van der Waals surface area contributed by atoms with E-state index in [1.807, 2.05) is 19.1 Å². The number of esters is 1. The summed E-state index contributed by atoms with van der Waals surface area (Å²) < 4.78 is 4.83. The molecule has 0 saturated carbocycles. The Hall–Kier alpha value is -1.42. The highest BCUT2D eigenvalue weighted by atomic mass is 16.5. The molecule has 0 fully saturated rings. The van der Waals surface area contributed by atoms with Gasteiger partial charge in [-0.1, -0.05) is 19.8 Å². The van der Waals surface area contributed by atoms with Crippen molar-refractivity contribution in [3.8, 4) is 0 Å². The van der Waals surface area contributed by atoms with E-state index in [0.29, 0.717) is 0 Å². The van der Waals surface area contributed by atoms with Gasteiger partial charge in [-0.25, -0.2) is 0 Å². The van der Waals surface area contributed by atoms with Gasteiger partial charge in [0, 0.05) is 18.4 Å². The molecule has 0 aromatic carbocycles. The molecule has 0 aliphatic rings. The van der Waals surface area contributed by atoms with E-state index in [2.05, 4.69) is 17.2 Å². The maximum absolute atomic E-state index is 11.7. The fourth-order valence-electron chi connectivity index (χ4n) is 1.87. The SMILES string of the molecule is CCCCC(N[C@H](C)c1ccncc1)C(=O)OC. The smallest absolute Gasteiger partial charge is 0.322 e. The second-order valence-corrected chi connectivity index (χ2v) is 4.39. The Labute approximate surface area is 109 Å². The number of rotatable bonds is 7. The fourth-order valence-corrected chi connectivity index (χ4v) is 1.87. The van der Waals surface area contributed by atoms with Crippen molar-refractivity contribution in [3.63, 3.8) is 0 Å². The number of hydrogen-bond donors (Lipinski definition) is 1. The molecule has 1 N–H and O–H groups in total. The number of carbonyl (C=O) groups excluding carboxylic acids is 1. The molecule has 0 radical (unpaired) electrons. The zero-order valence-corrected chi connectivity index (χ0v) is 11.3. The van der Waals surface area contributed by atoms with Crippen molar-refractivity contribution < 1.29 is 9.53 Å². The minimum absolute atomic E-state index is 0.106. The molecule has 1 aromatic heterocycles. The van der Waals surface area contributed by atoms with E-state index >= 15 is 0 Å². The van der Waals surface area contributed by atoms with E-state index < -0.39 is 0 Å². The van der Waals surface area contributed by atoms with Crippen LogP contribution in [-0.4, -0.2) is 24.1 Å². The standard InChI is InChI=1S/C14H22N2O2/c1-4-5-6-13(14(17)18-3)16-11(2)12-7-9-15-10-8-12/h7-11,13,16H,4-6H2,1-3H3/t11-,13?/m1/s1. The molecule has 0 aliphatic heterocycles. The summed E-state index contributed by atoms with van der Waals surface area (Å²) in [4.78, 5) is 15.7. The Bertz CT molecular complexity index is 354. The van der Waals surface area contributed by atoms with Crippen LogP contribution in [0.15, 0.2) is 24.5 Å². The Morgan fingerprint density at radius 3 is 2.67 bits per heavy atom. The van der Waals surface area contributed by atoms with Crippen molar-refractivity contribution in [2.24, 2.45) is 0 Å².